The lowest BCUT2D eigenvalue weighted by molar-refractivity contribution is 0.249. The third-order valence-corrected chi connectivity index (χ3v) is 7.67. The van der Waals surface area contributed by atoms with Crippen molar-refractivity contribution in [2.75, 3.05) is 36.8 Å². The first-order valence-electron chi connectivity index (χ1n) is 15.6. The number of anilines is 2. The van der Waals surface area contributed by atoms with E-state index in [2.05, 4.69) is 71.8 Å². The molecule has 1 saturated heterocycles. The van der Waals surface area contributed by atoms with Gasteiger partial charge in [-0.25, -0.2) is 24.9 Å². The van der Waals surface area contributed by atoms with Crippen LogP contribution in [0, 0.1) is 11.3 Å². The predicted molar refractivity (Wildman–Crippen MR) is 175 cm³/mol. The Morgan fingerprint density at radius 1 is 0.886 bits per heavy atom. The SMILES string of the molecule is CC.CC.N#Cc1cc(N2CCN(Cc3ccc(-n4c(-c5cccnc5N)nc5ccc(C6CC6)nc54)cc3)CC2)ncn1. The molecule has 0 atom stereocenters. The van der Waals surface area contributed by atoms with E-state index in [4.69, 9.17) is 21.0 Å². The summed E-state index contributed by atoms with van der Waals surface area (Å²) < 4.78 is 2.11. The van der Waals surface area contributed by atoms with E-state index in [9.17, 15) is 0 Å². The van der Waals surface area contributed by atoms with Crippen LogP contribution in [0.15, 0.2) is 67.1 Å². The maximum absolute atomic E-state index is 9.14. The van der Waals surface area contributed by atoms with Crippen molar-refractivity contribution in [2.45, 2.75) is 53.0 Å². The highest BCUT2D eigenvalue weighted by molar-refractivity contribution is 5.83. The van der Waals surface area contributed by atoms with Crippen molar-refractivity contribution in [3.05, 3.63) is 84.1 Å². The highest BCUT2D eigenvalue weighted by Gasteiger charge is 2.27. The fourth-order valence-corrected chi connectivity index (χ4v) is 5.34. The number of hydrogen-bond donors (Lipinski definition) is 1. The Bertz CT molecular complexity index is 1730. The van der Waals surface area contributed by atoms with Gasteiger partial charge in [-0.2, -0.15) is 5.26 Å². The second-order valence-corrected chi connectivity index (χ2v) is 10.4. The summed E-state index contributed by atoms with van der Waals surface area (Å²) in [5, 5.41) is 9.14. The number of nitrogens with two attached hydrogens (primary N) is 1. The molecule has 0 unspecified atom stereocenters. The van der Waals surface area contributed by atoms with Crippen LogP contribution in [-0.4, -0.2) is 60.6 Å². The highest BCUT2D eigenvalue weighted by atomic mass is 15.3. The van der Waals surface area contributed by atoms with E-state index in [1.165, 1.54) is 24.7 Å². The minimum absolute atomic E-state index is 0.395. The standard InChI is InChI=1S/C30H28N10.2C2H6/c31-17-22-16-27(35-19-34-22)39-14-12-38(13-15-39)18-20-3-7-23(8-4-20)40-29(24-2-1-11-33-28(24)32)37-26-10-9-25(21-5-6-21)36-30(26)40;2*1-2/h1-4,7-11,16,19,21H,5-6,12-15,18H2,(H2,32,33);2*1-2H3. The number of benzene rings is 1. The molecule has 1 aliphatic carbocycles. The number of aromatic nitrogens is 6. The van der Waals surface area contributed by atoms with E-state index in [0.717, 1.165) is 72.5 Å². The molecule has 4 aromatic heterocycles. The molecule has 7 rings (SSSR count). The van der Waals surface area contributed by atoms with Crippen LogP contribution in [0.25, 0.3) is 28.2 Å². The lowest BCUT2D eigenvalue weighted by Gasteiger charge is -2.35. The molecule has 1 saturated carbocycles. The summed E-state index contributed by atoms with van der Waals surface area (Å²) in [6, 6.07) is 20.5. The second-order valence-electron chi connectivity index (χ2n) is 10.4. The van der Waals surface area contributed by atoms with Crippen LogP contribution in [-0.2, 0) is 6.54 Å². The van der Waals surface area contributed by atoms with Crippen molar-refractivity contribution in [3.8, 4) is 23.1 Å². The first kappa shape index (κ1) is 30.6. The van der Waals surface area contributed by atoms with E-state index in [0.29, 0.717) is 17.4 Å². The predicted octanol–water partition coefficient (Wildman–Crippen LogP) is 5.98. The Morgan fingerprint density at radius 3 is 2.32 bits per heavy atom. The molecule has 0 amide bonds. The Kier molecular flexibility index (Phi) is 9.77. The molecule has 226 valence electrons. The average molecular weight is 589 g/mol. The number of hydrogen-bond acceptors (Lipinski definition) is 9. The van der Waals surface area contributed by atoms with Crippen LogP contribution in [0.2, 0.25) is 0 Å². The van der Waals surface area contributed by atoms with E-state index in [1.54, 1.807) is 12.3 Å². The van der Waals surface area contributed by atoms with Crippen molar-refractivity contribution in [2.24, 2.45) is 0 Å². The summed E-state index contributed by atoms with van der Waals surface area (Å²) >= 11 is 0. The maximum atomic E-state index is 9.14. The van der Waals surface area contributed by atoms with E-state index in [1.807, 2.05) is 39.8 Å². The summed E-state index contributed by atoms with van der Waals surface area (Å²) in [5.41, 5.74) is 12.5. The molecule has 2 aliphatic rings. The van der Waals surface area contributed by atoms with Gasteiger partial charge in [0.05, 0.1) is 5.56 Å². The van der Waals surface area contributed by atoms with Gasteiger partial charge in [0, 0.05) is 62.3 Å². The zero-order valence-electron chi connectivity index (χ0n) is 26.0. The average Bonchev–Trinajstić information content (AvgIpc) is 3.88. The molecule has 10 heteroatoms. The van der Waals surface area contributed by atoms with Gasteiger partial charge in [-0.15, -0.1) is 0 Å². The molecular formula is C34H40N10. The number of imidazole rings is 1. The van der Waals surface area contributed by atoms with Gasteiger partial charge < -0.3 is 10.6 Å². The fraction of sp³-hybridized carbons (Fsp3) is 0.353. The van der Waals surface area contributed by atoms with Crippen molar-refractivity contribution >= 4 is 22.8 Å². The molecular weight excluding hydrogens is 548 g/mol. The minimum Gasteiger partial charge on any atom is -0.383 e. The Hall–Kier alpha value is -4.88. The zero-order chi connectivity index (χ0) is 31.1. The number of rotatable bonds is 6. The number of nitrogen functional groups attached to an aromatic ring is 1. The number of nitrogens with zero attached hydrogens (tertiary/aromatic N) is 9. The fourth-order valence-electron chi connectivity index (χ4n) is 5.34. The van der Waals surface area contributed by atoms with E-state index < -0.39 is 0 Å². The van der Waals surface area contributed by atoms with Gasteiger partial charge in [0.2, 0.25) is 0 Å². The normalized spacial score (nSPS) is 14.7. The summed E-state index contributed by atoms with van der Waals surface area (Å²) in [6.07, 6.45) is 5.54. The van der Waals surface area contributed by atoms with Crippen LogP contribution >= 0.6 is 0 Å². The minimum atomic E-state index is 0.395. The molecule has 1 aromatic carbocycles. The summed E-state index contributed by atoms with van der Waals surface area (Å²) in [4.78, 5) is 27.3. The van der Waals surface area contributed by atoms with Gasteiger partial charge in [0.1, 0.15) is 35.2 Å². The van der Waals surface area contributed by atoms with Crippen LogP contribution in [0.1, 0.15) is 63.4 Å². The topological polar surface area (TPSA) is 126 Å². The number of piperazine rings is 1. The summed E-state index contributed by atoms with van der Waals surface area (Å²) in [7, 11) is 0. The van der Waals surface area contributed by atoms with Crippen LogP contribution in [0.3, 0.4) is 0 Å². The molecule has 5 aromatic rings. The molecule has 2 fully saturated rings. The summed E-state index contributed by atoms with van der Waals surface area (Å²) in [5.74, 6) is 2.55. The monoisotopic (exact) mass is 588 g/mol. The number of fused-ring (bicyclic) bond motifs is 1. The smallest absolute Gasteiger partial charge is 0.165 e. The van der Waals surface area contributed by atoms with Gasteiger partial charge >= 0.3 is 0 Å². The van der Waals surface area contributed by atoms with Crippen molar-refractivity contribution in [1.29, 1.82) is 5.26 Å². The lowest BCUT2D eigenvalue weighted by Crippen LogP contribution is -2.46. The Morgan fingerprint density at radius 2 is 1.64 bits per heavy atom. The van der Waals surface area contributed by atoms with Crippen LogP contribution < -0.4 is 10.6 Å². The third kappa shape index (κ3) is 6.53. The molecule has 0 spiro atoms. The second kappa shape index (κ2) is 14.1. The van der Waals surface area contributed by atoms with Crippen LogP contribution in [0.5, 0.6) is 0 Å². The van der Waals surface area contributed by atoms with Crippen molar-refractivity contribution in [1.82, 2.24) is 34.4 Å². The van der Waals surface area contributed by atoms with E-state index >= 15 is 0 Å². The van der Waals surface area contributed by atoms with E-state index in [-0.39, 0.29) is 0 Å². The number of pyridine rings is 2. The van der Waals surface area contributed by atoms with Crippen molar-refractivity contribution < 1.29 is 0 Å². The first-order valence-corrected chi connectivity index (χ1v) is 15.6. The quantitative estimate of drug-likeness (QED) is 0.255. The lowest BCUT2D eigenvalue weighted by atomic mass is 10.1. The largest absolute Gasteiger partial charge is 0.383 e. The van der Waals surface area contributed by atoms with Gasteiger partial charge in [0.15, 0.2) is 11.5 Å². The Balaban J connectivity index is 0.000000924. The highest BCUT2D eigenvalue weighted by Crippen LogP contribution is 2.40. The molecule has 10 nitrogen and oxygen atoms in total. The van der Waals surface area contributed by atoms with Crippen molar-refractivity contribution in [3.63, 3.8) is 0 Å². The zero-order valence-corrected chi connectivity index (χ0v) is 26.0. The van der Waals surface area contributed by atoms with Crippen LogP contribution in [0.4, 0.5) is 11.6 Å². The van der Waals surface area contributed by atoms with Gasteiger partial charge in [0.25, 0.3) is 0 Å². The Labute approximate surface area is 259 Å². The molecule has 44 heavy (non-hydrogen) atoms. The molecule has 0 radical (unpaired) electrons. The third-order valence-electron chi connectivity index (χ3n) is 7.67. The molecule has 0 bridgehead atoms. The summed E-state index contributed by atoms with van der Waals surface area (Å²) in [6.45, 7) is 12.4. The number of nitriles is 1. The van der Waals surface area contributed by atoms with Gasteiger partial charge in [-0.05, 0) is 54.8 Å². The molecule has 1 aliphatic heterocycles. The molecule has 2 N–H and O–H groups in total. The molecule has 5 heterocycles. The van der Waals surface area contributed by atoms with Gasteiger partial charge in [-0.3, -0.25) is 9.47 Å². The van der Waals surface area contributed by atoms with Gasteiger partial charge in [-0.1, -0.05) is 39.8 Å². The first-order chi connectivity index (χ1) is 21.7. The maximum Gasteiger partial charge on any atom is 0.165 e.